The molecule has 1 rings (SSSR count). The summed E-state index contributed by atoms with van der Waals surface area (Å²) < 4.78 is 0. The lowest BCUT2D eigenvalue weighted by Crippen LogP contribution is -2.49. The van der Waals surface area contributed by atoms with E-state index in [0.717, 1.165) is 12.8 Å². The minimum Gasteiger partial charge on any atom is -0.346 e. The predicted molar refractivity (Wildman–Crippen MR) is 82.5 cm³/mol. The molecule has 0 aromatic carbocycles. The minimum absolute atomic E-state index is 0.0543. The first-order valence-electron chi connectivity index (χ1n) is 8.16. The first-order chi connectivity index (χ1) is 9.34. The van der Waals surface area contributed by atoms with E-state index in [4.69, 9.17) is 0 Å². The third-order valence-electron chi connectivity index (χ3n) is 4.29. The van der Waals surface area contributed by atoms with Crippen LogP contribution < -0.4 is 5.32 Å². The summed E-state index contributed by atoms with van der Waals surface area (Å²) >= 11 is 0. The second kappa shape index (κ2) is 7.80. The zero-order valence-electron chi connectivity index (χ0n) is 13.6. The summed E-state index contributed by atoms with van der Waals surface area (Å²) in [6.45, 7) is 7.89. The number of ketones is 1. The molecular formula is C17H31NO2. The fourth-order valence-electron chi connectivity index (χ4n) is 3.03. The van der Waals surface area contributed by atoms with Gasteiger partial charge in [0.15, 0.2) is 5.78 Å². The molecule has 1 saturated carbocycles. The van der Waals surface area contributed by atoms with Gasteiger partial charge in [-0.2, -0.15) is 0 Å². The molecule has 0 saturated heterocycles. The van der Waals surface area contributed by atoms with Crippen LogP contribution in [0.2, 0.25) is 0 Å². The SMILES string of the molecule is CCC(=O)[C@@H](NC(=O)CC1CCCCCC1)C(C)(C)C. The summed E-state index contributed by atoms with van der Waals surface area (Å²) in [4.78, 5) is 24.3. The molecule has 3 nitrogen and oxygen atoms in total. The van der Waals surface area contributed by atoms with Crippen LogP contribution in [0.5, 0.6) is 0 Å². The van der Waals surface area contributed by atoms with E-state index in [1.165, 1.54) is 25.7 Å². The van der Waals surface area contributed by atoms with Crippen LogP contribution in [0.3, 0.4) is 0 Å². The van der Waals surface area contributed by atoms with Crippen molar-refractivity contribution in [1.82, 2.24) is 5.32 Å². The maximum absolute atomic E-state index is 12.2. The van der Waals surface area contributed by atoms with Gasteiger partial charge >= 0.3 is 0 Å². The van der Waals surface area contributed by atoms with Crippen molar-refractivity contribution in [2.45, 2.75) is 85.1 Å². The number of amides is 1. The second-order valence-electron chi connectivity index (χ2n) is 7.25. The molecule has 0 aromatic rings. The number of hydrogen-bond acceptors (Lipinski definition) is 2. The van der Waals surface area contributed by atoms with Crippen molar-refractivity contribution in [2.75, 3.05) is 0 Å². The van der Waals surface area contributed by atoms with Crippen LogP contribution in [0.15, 0.2) is 0 Å². The van der Waals surface area contributed by atoms with Crippen LogP contribution in [0, 0.1) is 11.3 Å². The molecule has 0 radical (unpaired) electrons. The Bertz CT molecular complexity index is 322. The van der Waals surface area contributed by atoms with Gasteiger partial charge in [0.05, 0.1) is 6.04 Å². The molecule has 0 aromatic heterocycles. The fraction of sp³-hybridized carbons (Fsp3) is 0.882. The summed E-state index contributed by atoms with van der Waals surface area (Å²) in [6, 6.07) is -0.356. The standard InChI is InChI=1S/C17H31NO2/c1-5-14(19)16(17(2,3)4)18-15(20)12-13-10-8-6-7-9-11-13/h13,16H,5-12H2,1-4H3,(H,18,20)/t16-/m1/s1. The van der Waals surface area contributed by atoms with Crippen LogP contribution >= 0.6 is 0 Å². The molecule has 20 heavy (non-hydrogen) atoms. The first-order valence-corrected chi connectivity index (χ1v) is 8.16. The molecule has 0 bridgehead atoms. The van der Waals surface area contributed by atoms with Crippen LogP contribution in [0.1, 0.15) is 79.1 Å². The highest BCUT2D eigenvalue weighted by atomic mass is 16.2. The maximum atomic E-state index is 12.2. The van der Waals surface area contributed by atoms with Crippen LogP contribution in [-0.4, -0.2) is 17.7 Å². The van der Waals surface area contributed by atoms with Gasteiger partial charge in [0, 0.05) is 12.8 Å². The second-order valence-corrected chi connectivity index (χ2v) is 7.25. The lowest BCUT2D eigenvalue weighted by molar-refractivity contribution is -0.130. The molecule has 1 amide bonds. The summed E-state index contributed by atoms with van der Waals surface area (Å²) in [5.41, 5.74) is -0.216. The molecule has 1 atom stereocenters. The Morgan fingerprint density at radius 3 is 2.10 bits per heavy atom. The molecule has 0 unspecified atom stereocenters. The third-order valence-corrected chi connectivity index (χ3v) is 4.29. The van der Waals surface area contributed by atoms with E-state index >= 15 is 0 Å². The smallest absolute Gasteiger partial charge is 0.220 e. The Balaban J connectivity index is 2.55. The van der Waals surface area contributed by atoms with E-state index in [0.29, 0.717) is 18.8 Å². The largest absolute Gasteiger partial charge is 0.346 e. The number of nitrogens with one attached hydrogen (secondary N) is 1. The van der Waals surface area contributed by atoms with Gasteiger partial charge in [0.2, 0.25) is 5.91 Å². The minimum atomic E-state index is -0.356. The highest BCUT2D eigenvalue weighted by Crippen LogP contribution is 2.26. The first kappa shape index (κ1) is 17.2. The van der Waals surface area contributed by atoms with Crippen molar-refractivity contribution in [2.24, 2.45) is 11.3 Å². The molecule has 1 fully saturated rings. The maximum Gasteiger partial charge on any atom is 0.220 e. The molecule has 1 N–H and O–H groups in total. The van der Waals surface area contributed by atoms with Crippen molar-refractivity contribution >= 4 is 11.7 Å². The van der Waals surface area contributed by atoms with E-state index in [1.807, 2.05) is 27.7 Å². The Kier molecular flexibility index (Phi) is 6.70. The quantitative estimate of drug-likeness (QED) is 0.778. The summed E-state index contributed by atoms with van der Waals surface area (Å²) in [5, 5.41) is 2.99. The lowest BCUT2D eigenvalue weighted by Gasteiger charge is -2.30. The summed E-state index contributed by atoms with van der Waals surface area (Å²) in [7, 11) is 0. The normalized spacial score (nSPS) is 19.2. The Hall–Kier alpha value is -0.860. The summed E-state index contributed by atoms with van der Waals surface area (Å²) in [5.74, 6) is 0.695. The van der Waals surface area contributed by atoms with Gasteiger partial charge in [-0.1, -0.05) is 53.4 Å². The summed E-state index contributed by atoms with van der Waals surface area (Å²) in [6.07, 6.45) is 8.48. The molecule has 116 valence electrons. The number of hydrogen-bond donors (Lipinski definition) is 1. The molecule has 0 heterocycles. The highest BCUT2D eigenvalue weighted by molar-refractivity contribution is 5.89. The predicted octanol–water partition coefficient (Wildman–Crippen LogP) is 3.86. The van der Waals surface area contributed by atoms with Crippen LogP contribution in [0.25, 0.3) is 0 Å². The molecular weight excluding hydrogens is 250 g/mol. The zero-order chi connectivity index (χ0) is 15.2. The van der Waals surface area contributed by atoms with Crippen molar-refractivity contribution in [3.8, 4) is 0 Å². The Morgan fingerprint density at radius 1 is 1.10 bits per heavy atom. The van der Waals surface area contributed by atoms with Gasteiger partial charge in [-0.25, -0.2) is 0 Å². The van der Waals surface area contributed by atoms with E-state index in [1.54, 1.807) is 0 Å². The van der Waals surface area contributed by atoms with Gasteiger partial charge in [-0.3, -0.25) is 9.59 Å². The van der Waals surface area contributed by atoms with Crippen molar-refractivity contribution in [3.63, 3.8) is 0 Å². The topological polar surface area (TPSA) is 46.2 Å². The number of carbonyl (C=O) groups is 2. The lowest BCUT2D eigenvalue weighted by atomic mass is 9.83. The van der Waals surface area contributed by atoms with Crippen LogP contribution in [-0.2, 0) is 9.59 Å². The zero-order valence-corrected chi connectivity index (χ0v) is 13.6. The van der Waals surface area contributed by atoms with E-state index in [-0.39, 0.29) is 23.1 Å². The van der Waals surface area contributed by atoms with Gasteiger partial charge in [0.25, 0.3) is 0 Å². The molecule has 0 aliphatic heterocycles. The average molecular weight is 281 g/mol. The van der Waals surface area contributed by atoms with E-state index < -0.39 is 0 Å². The van der Waals surface area contributed by atoms with Gasteiger partial charge in [0.1, 0.15) is 0 Å². The fourth-order valence-corrected chi connectivity index (χ4v) is 3.03. The Morgan fingerprint density at radius 2 is 1.65 bits per heavy atom. The molecule has 1 aliphatic rings. The van der Waals surface area contributed by atoms with Crippen molar-refractivity contribution in [3.05, 3.63) is 0 Å². The van der Waals surface area contributed by atoms with Crippen LogP contribution in [0.4, 0.5) is 0 Å². The highest BCUT2D eigenvalue weighted by Gasteiger charge is 2.31. The van der Waals surface area contributed by atoms with Crippen molar-refractivity contribution in [1.29, 1.82) is 0 Å². The number of carbonyl (C=O) groups excluding carboxylic acids is 2. The third kappa shape index (κ3) is 5.64. The van der Waals surface area contributed by atoms with Gasteiger partial charge in [-0.15, -0.1) is 0 Å². The Labute approximate surface area is 123 Å². The molecule has 0 spiro atoms. The van der Waals surface area contributed by atoms with Crippen molar-refractivity contribution < 1.29 is 9.59 Å². The van der Waals surface area contributed by atoms with E-state index in [2.05, 4.69) is 5.32 Å². The average Bonchev–Trinajstić information content (AvgIpc) is 2.62. The number of Topliss-reactive ketones (excluding diaryl/α,β-unsaturated/α-hetero) is 1. The van der Waals surface area contributed by atoms with Gasteiger partial charge < -0.3 is 5.32 Å². The molecule has 3 heteroatoms. The monoisotopic (exact) mass is 281 g/mol. The molecule has 1 aliphatic carbocycles. The van der Waals surface area contributed by atoms with E-state index in [9.17, 15) is 9.59 Å². The van der Waals surface area contributed by atoms with Gasteiger partial charge in [-0.05, 0) is 24.2 Å². The number of rotatable bonds is 5.